The summed E-state index contributed by atoms with van der Waals surface area (Å²) in [6.07, 6.45) is 1.86. The van der Waals surface area contributed by atoms with Crippen molar-refractivity contribution in [2.24, 2.45) is 0 Å². The van der Waals surface area contributed by atoms with E-state index >= 15 is 0 Å². The molecule has 0 aromatic rings. The van der Waals surface area contributed by atoms with Crippen molar-refractivity contribution in [2.45, 2.75) is 31.5 Å². The fourth-order valence-corrected chi connectivity index (χ4v) is 1.32. The Bertz CT molecular complexity index is 227. The van der Waals surface area contributed by atoms with Gasteiger partial charge in [-0.2, -0.15) is 0 Å². The van der Waals surface area contributed by atoms with Gasteiger partial charge in [-0.3, -0.25) is 0 Å². The number of rotatable bonds is 3. The lowest BCUT2D eigenvalue weighted by atomic mass is 9.97. The number of alkyl halides is 1. The maximum atomic E-state index is 13.3. The van der Waals surface area contributed by atoms with Crippen LogP contribution in [0.15, 0.2) is 12.2 Å². The first-order valence-electron chi connectivity index (χ1n) is 4.31. The lowest BCUT2D eigenvalue weighted by molar-refractivity contribution is -0.157. The average molecular weight is 188 g/mol. The average Bonchev–Trinajstić information content (AvgIpc) is 2.52. The van der Waals surface area contributed by atoms with Crippen LogP contribution < -0.4 is 0 Å². The summed E-state index contributed by atoms with van der Waals surface area (Å²) in [5.74, 6) is -0.989. The molecule has 1 aliphatic carbocycles. The van der Waals surface area contributed by atoms with Crippen LogP contribution in [0.2, 0.25) is 0 Å². The molecule has 0 saturated heterocycles. The molecule has 3 nitrogen and oxygen atoms in total. The van der Waals surface area contributed by atoms with Gasteiger partial charge in [0.05, 0.1) is 6.61 Å². The quantitative estimate of drug-likeness (QED) is 0.530. The van der Waals surface area contributed by atoms with Crippen molar-refractivity contribution < 1.29 is 19.0 Å². The molecule has 0 aromatic carbocycles. The molecule has 1 N–H and O–H groups in total. The highest BCUT2D eigenvalue weighted by Crippen LogP contribution is 2.28. The SMILES string of the molecule is CCOC(=O)C(F)C1(O)C=CCC1. The number of aliphatic hydroxyl groups is 1. The number of halogens is 1. The smallest absolute Gasteiger partial charge is 0.344 e. The molecule has 1 aliphatic rings. The van der Waals surface area contributed by atoms with E-state index in [9.17, 15) is 14.3 Å². The minimum absolute atomic E-state index is 0.124. The molecular formula is C9H13FO3. The molecule has 0 fully saturated rings. The molecule has 0 saturated carbocycles. The minimum Gasteiger partial charge on any atom is -0.464 e. The Morgan fingerprint density at radius 1 is 1.85 bits per heavy atom. The first kappa shape index (κ1) is 10.2. The molecule has 0 heterocycles. The summed E-state index contributed by atoms with van der Waals surface area (Å²) in [6.45, 7) is 1.72. The third-order valence-corrected chi connectivity index (χ3v) is 2.05. The van der Waals surface area contributed by atoms with Gasteiger partial charge in [-0.05, 0) is 19.8 Å². The van der Waals surface area contributed by atoms with Crippen LogP contribution in [0.5, 0.6) is 0 Å². The monoisotopic (exact) mass is 188 g/mol. The van der Waals surface area contributed by atoms with E-state index in [-0.39, 0.29) is 13.0 Å². The summed E-state index contributed by atoms with van der Waals surface area (Å²) in [6, 6.07) is 0. The summed E-state index contributed by atoms with van der Waals surface area (Å²) in [4.78, 5) is 10.9. The molecule has 0 radical (unpaired) electrons. The van der Waals surface area contributed by atoms with Crippen LogP contribution in [0, 0.1) is 0 Å². The van der Waals surface area contributed by atoms with Crippen LogP contribution in [0.1, 0.15) is 19.8 Å². The summed E-state index contributed by atoms with van der Waals surface area (Å²) in [5, 5.41) is 9.59. The van der Waals surface area contributed by atoms with E-state index in [1.165, 1.54) is 6.08 Å². The molecule has 0 aliphatic heterocycles. The van der Waals surface area contributed by atoms with Crippen molar-refractivity contribution in [3.63, 3.8) is 0 Å². The van der Waals surface area contributed by atoms with Crippen molar-refractivity contribution in [1.82, 2.24) is 0 Å². The maximum Gasteiger partial charge on any atom is 0.344 e. The molecule has 4 heteroatoms. The lowest BCUT2D eigenvalue weighted by Crippen LogP contribution is -2.42. The van der Waals surface area contributed by atoms with E-state index in [2.05, 4.69) is 4.74 Å². The van der Waals surface area contributed by atoms with Crippen LogP contribution in [0.25, 0.3) is 0 Å². The van der Waals surface area contributed by atoms with Crippen molar-refractivity contribution in [1.29, 1.82) is 0 Å². The van der Waals surface area contributed by atoms with Crippen LogP contribution in [-0.2, 0) is 9.53 Å². The molecule has 74 valence electrons. The fraction of sp³-hybridized carbons (Fsp3) is 0.667. The first-order chi connectivity index (χ1) is 6.10. The summed E-state index contributed by atoms with van der Waals surface area (Å²) < 4.78 is 17.8. The molecule has 1 rings (SSSR count). The Hall–Kier alpha value is -0.900. The van der Waals surface area contributed by atoms with Crippen LogP contribution in [-0.4, -0.2) is 29.5 Å². The number of hydrogen-bond acceptors (Lipinski definition) is 3. The van der Waals surface area contributed by atoms with Gasteiger partial charge < -0.3 is 9.84 Å². The molecular weight excluding hydrogens is 175 g/mol. The minimum atomic E-state index is -1.97. The van der Waals surface area contributed by atoms with Gasteiger partial charge in [-0.25, -0.2) is 9.18 Å². The zero-order valence-corrected chi connectivity index (χ0v) is 7.50. The molecule has 2 atom stereocenters. The summed E-state index contributed by atoms with van der Waals surface area (Å²) in [5.41, 5.74) is -1.65. The van der Waals surface area contributed by atoms with E-state index in [4.69, 9.17) is 0 Å². The second-order valence-corrected chi connectivity index (χ2v) is 3.05. The van der Waals surface area contributed by atoms with Crippen LogP contribution in [0.3, 0.4) is 0 Å². The Morgan fingerprint density at radius 2 is 2.54 bits per heavy atom. The van der Waals surface area contributed by atoms with E-state index in [1.54, 1.807) is 13.0 Å². The molecule has 13 heavy (non-hydrogen) atoms. The van der Waals surface area contributed by atoms with Gasteiger partial charge in [0.2, 0.25) is 6.17 Å². The van der Waals surface area contributed by atoms with Gasteiger partial charge in [-0.15, -0.1) is 0 Å². The number of carbonyl (C=O) groups excluding carboxylic acids is 1. The molecule has 0 aromatic heterocycles. The van der Waals surface area contributed by atoms with Gasteiger partial charge in [0.15, 0.2) is 0 Å². The fourth-order valence-electron chi connectivity index (χ4n) is 1.32. The van der Waals surface area contributed by atoms with Gasteiger partial charge in [0.25, 0.3) is 0 Å². The Kier molecular flexibility index (Phi) is 3.03. The van der Waals surface area contributed by atoms with Gasteiger partial charge >= 0.3 is 5.97 Å². The van der Waals surface area contributed by atoms with Gasteiger partial charge in [0, 0.05) is 0 Å². The first-order valence-corrected chi connectivity index (χ1v) is 4.31. The molecule has 2 unspecified atom stereocenters. The maximum absolute atomic E-state index is 13.3. The highest BCUT2D eigenvalue weighted by atomic mass is 19.1. The summed E-state index contributed by atoms with van der Waals surface area (Å²) >= 11 is 0. The Morgan fingerprint density at radius 3 is 3.00 bits per heavy atom. The zero-order valence-electron chi connectivity index (χ0n) is 7.50. The van der Waals surface area contributed by atoms with E-state index in [1.807, 2.05) is 0 Å². The van der Waals surface area contributed by atoms with E-state index in [0.717, 1.165) is 0 Å². The van der Waals surface area contributed by atoms with Gasteiger partial charge in [0.1, 0.15) is 5.60 Å². The molecule has 0 bridgehead atoms. The highest BCUT2D eigenvalue weighted by Gasteiger charge is 2.42. The largest absolute Gasteiger partial charge is 0.464 e. The molecule has 0 spiro atoms. The normalized spacial score (nSPS) is 28.8. The lowest BCUT2D eigenvalue weighted by Gasteiger charge is -2.22. The number of esters is 1. The standard InChI is InChI=1S/C9H13FO3/c1-2-13-8(11)7(10)9(12)5-3-4-6-9/h3,5,7,12H,2,4,6H2,1H3. The number of allylic oxidation sites excluding steroid dienone is 1. The topological polar surface area (TPSA) is 46.5 Å². The Labute approximate surface area is 76.2 Å². The third kappa shape index (κ3) is 2.06. The van der Waals surface area contributed by atoms with Crippen molar-refractivity contribution in [3.8, 4) is 0 Å². The second-order valence-electron chi connectivity index (χ2n) is 3.05. The number of hydrogen-bond donors (Lipinski definition) is 1. The van der Waals surface area contributed by atoms with Crippen molar-refractivity contribution >= 4 is 5.97 Å². The van der Waals surface area contributed by atoms with Crippen molar-refractivity contribution in [2.75, 3.05) is 6.61 Å². The predicted octanol–water partition coefficient (Wildman–Crippen LogP) is 0.969. The van der Waals surface area contributed by atoms with Crippen LogP contribution >= 0.6 is 0 Å². The Balaban J connectivity index is 2.60. The number of ether oxygens (including phenoxy) is 1. The van der Waals surface area contributed by atoms with Crippen molar-refractivity contribution in [3.05, 3.63) is 12.2 Å². The summed E-state index contributed by atoms with van der Waals surface area (Å²) in [7, 11) is 0. The third-order valence-electron chi connectivity index (χ3n) is 2.05. The van der Waals surface area contributed by atoms with E-state index < -0.39 is 17.7 Å². The zero-order chi connectivity index (χ0) is 9.90. The highest BCUT2D eigenvalue weighted by molar-refractivity contribution is 5.76. The van der Waals surface area contributed by atoms with Gasteiger partial charge in [-0.1, -0.05) is 12.2 Å². The molecule has 0 amide bonds. The number of carbonyl (C=O) groups is 1. The second kappa shape index (κ2) is 3.87. The van der Waals surface area contributed by atoms with E-state index in [0.29, 0.717) is 6.42 Å². The predicted molar refractivity (Wildman–Crippen MR) is 44.9 cm³/mol. The van der Waals surface area contributed by atoms with Crippen LogP contribution in [0.4, 0.5) is 4.39 Å².